The number of nitro groups is 1. The molecule has 0 radical (unpaired) electrons. The summed E-state index contributed by atoms with van der Waals surface area (Å²) in [5.41, 5.74) is 3.08. The van der Waals surface area contributed by atoms with Crippen molar-refractivity contribution in [2.45, 2.75) is 19.4 Å². The first-order valence-corrected chi connectivity index (χ1v) is 8.18. The molecule has 1 heterocycles. The fourth-order valence-electron chi connectivity index (χ4n) is 3.01. The van der Waals surface area contributed by atoms with Crippen LogP contribution in [0.1, 0.15) is 12.5 Å². The minimum absolute atomic E-state index is 0.00715. The minimum atomic E-state index is -0.473. The molecular weight excluding hydrogens is 320 g/mol. The zero-order chi connectivity index (χ0) is 17.8. The smallest absolute Gasteiger partial charge is 0.319 e. The van der Waals surface area contributed by atoms with Crippen molar-refractivity contribution in [3.05, 3.63) is 64.2 Å². The highest BCUT2D eigenvalue weighted by atomic mass is 16.6. The molecule has 2 N–H and O–H groups in total. The second kappa shape index (κ2) is 7.21. The van der Waals surface area contributed by atoms with Crippen LogP contribution in [-0.4, -0.2) is 30.1 Å². The van der Waals surface area contributed by atoms with Gasteiger partial charge in [0, 0.05) is 42.6 Å². The van der Waals surface area contributed by atoms with E-state index in [4.69, 9.17) is 0 Å². The Morgan fingerprint density at radius 3 is 2.68 bits per heavy atom. The van der Waals surface area contributed by atoms with E-state index in [0.29, 0.717) is 12.2 Å². The van der Waals surface area contributed by atoms with Crippen LogP contribution in [0, 0.1) is 10.1 Å². The molecule has 2 amide bonds. The maximum atomic E-state index is 12.0. The van der Waals surface area contributed by atoms with Gasteiger partial charge in [0.25, 0.3) is 5.69 Å². The molecule has 2 aromatic carbocycles. The molecule has 2 aromatic rings. The summed E-state index contributed by atoms with van der Waals surface area (Å²) >= 11 is 0. The van der Waals surface area contributed by atoms with E-state index < -0.39 is 4.92 Å². The molecule has 7 nitrogen and oxygen atoms in total. The molecule has 1 aliphatic rings. The first-order valence-electron chi connectivity index (χ1n) is 8.18. The molecule has 0 fully saturated rings. The monoisotopic (exact) mass is 340 g/mol. The first-order chi connectivity index (χ1) is 12.0. The first kappa shape index (κ1) is 16.8. The Morgan fingerprint density at radius 1 is 1.24 bits per heavy atom. The summed E-state index contributed by atoms with van der Waals surface area (Å²) in [6, 6.07) is 13.9. The second-order valence-electron chi connectivity index (χ2n) is 6.06. The molecule has 0 bridgehead atoms. The van der Waals surface area contributed by atoms with Crippen molar-refractivity contribution in [1.29, 1.82) is 0 Å². The zero-order valence-electron chi connectivity index (χ0n) is 13.9. The average molecular weight is 340 g/mol. The van der Waals surface area contributed by atoms with Crippen LogP contribution in [0.15, 0.2) is 48.5 Å². The predicted molar refractivity (Wildman–Crippen MR) is 97.1 cm³/mol. The predicted octanol–water partition coefficient (Wildman–Crippen LogP) is 3.17. The zero-order valence-corrected chi connectivity index (χ0v) is 13.9. The molecule has 3 rings (SSSR count). The Bertz CT molecular complexity index is 776. The van der Waals surface area contributed by atoms with E-state index in [1.807, 2.05) is 12.1 Å². The number of nitrogens with zero attached hydrogens (tertiary/aromatic N) is 2. The lowest BCUT2D eigenvalue weighted by atomic mass is 10.2. The molecule has 1 aliphatic heterocycles. The molecule has 0 unspecified atom stereocenters. The number of hydrogen-bond donors (Lipinski definition) is 2. The molecule has 1 atom stereocenters. The number of rotatable bonds is 5. The Hall–Kier alpha value is -3.09. The number of nitrogens with one attached hydrogen (secondary N) is 2. The fourth-order valence-corrected chi connectivity index (χ4v) is 3.01. The third-order valence-corrected chi connectivity index (χ3v) is 4.35. The number of fused-ring (bicyclic) bond motifs is 1. The highest BCUT2D eigenvalue weighted by Crippen LogP contribution is 2.28. The number of urea groups is 1. The van der Waals surface area contributed by atoms with Crippen LogP contribution in [0.3, 0.4) is 0 Å². The van der Waals surface area contributed by atoms with Crippen molar-refractivity contribution < 1.29 is 9.72 Å². The van der Waals surface area contributed by atoms with Crippen LogP contribution in [0.2, 0.25) is 0 Å². The lowest BCUT2D eigenvalue weighted by molar-refractivity contribution is -0.384. The van der Waals surface area contributed by atoms with Crippen LogP contribution in [0.25, 0.3) is 0 Å². The molecule has 130 valence electrons. The highest BCUT2D eigenvalue weighted by Gasteiger charge is 2.23. The number of carbonyl (C=O) groups is 1. The van der Waals surface area contributed by atoms with Gasteiger partial charge in [0.15, 0.2) is 0 Å². The van der Waals surface area contributed by atoms with E-state index in [1.54, 1.807) is 0 Å². The van der Waals surface area contributed by atoms with Gasteiger partial charge in [-0.15, -0.1) is 0 Å². The summed E-state index contributed by atoms with van der Waals surface area (Å²) in [5, 5.41) is 16.2. The third-order valence-electron chi connectivity index (χ3n) is 4.35. The van der Waals surface area contributed by atoms with E-state index in [9.17, 15) is 14.9 Å². The van der Waals surface area contributed by atoms with Gasteiger partial charge in [-0.25, -0.2) is 4.79 Å². The minimum Gasteiger partial charge on any atom is -0.366 e. The van der Waals surface area contributed by atoms with Gasteiger partial charge >= 0.3 is 6.03 Å². The van der Waals surface area contributed by atoms with Gasteiger partial charge in [-0.1, -0.05) is 18.2 Å². The number of non-ortho nitro benzene ring substituents is 1. The molecule has 0 saturated heterocycles. The van der Waals surface area contributed by atoms with Gasteiger partial charge in [-0.3, -0.25) is 10.1 Å². The Kier molecular flexibility index (Phi) is 4.83. The lowest BCUT2D eigenvalue weighted by Crippen LogP contribution is -2.42. The Morgan fingerprint density at radius 2 is 1.96 bits per heavy atom. The number of para-hydroxylation sites is 1. The summed E-state index contributed by atoms with van der Waals surface area (Å²) in [7, 11) is 0. The summed E-state index contributed by atoms with van der Waals surface area (Å²) in [6.45, 7) is 3.54. The van der Waals surface area contributed by atoms with Gasteiger partial charge in [0.05, 0.1) is 4.92 Å². The maximum absolute atomic E-state index is 12.0. The highest BCUT2D eigenvalue weighted by molar-refractivity contribution is 5.89. The second-order valence-corrected chi connectivity index (χ2v) is 6.06. The normalized spacial score (nSPS) is 13.9. The molecular formula is C18H20N4O3. The van der Waals surface area contributed by atoms with Crippen molar-refractivity contribution in [1.82, 2.24) is 5.32 Å². The van der Waals surface area contributed by atoms with Crippen LogP contribution in [-0.2, 0) is 6.42 Å². The number of nitro benzene ring substituents is 1. The number of benzene rings is 2. The van der Waals surface area contributed by atoms with Gasteiger partial charge in [0.1, 0.15) is 0 Å². The fraction of sp³-hybridized carbons (Fsp3) is 0.278. The quantitative estimate of drug-likeness (QED) is 0.646. The van der Waals surface area contributed by atoms with E-state index in [2.05, 4.69) is 34.6 Å². The van der Waals surface area contributed by atoms with Gasteiger partial charge in [0.2, 0.25) is 0 Å². The Labute approximate surface area is 145 Å². The van der Waals surface area contributed by atoms with Crippen LogP contribution in [0.5, 0.6) is 0 Å². The number of carbonyl (C=O) groups excluding carboxylic acids is 1. The standard InChI is InChI=1S/C18H20N4O3/c1-13(21-11-10-14-4-2-3-5-17(14)21)12-19-18(23)20-15-6-8-16(9-7-15)22(24)25/h2-9,13H,10-12H2,1H3,(H2,19,20,23)/t13-/m0/s1. The number of anilines is 2. The van der Waals surface area contributed by atoms with Crippen LogP contribution < -0.4 is 15.5 Å². The van der Waals surface area contributed by atoms with Crippen molar-refractivity contribution in [3.8, 4) is 0 Å². The third kappa shape index (κ3) is 3.88. The summed E-state index contributed by atoms with van der Waals surface area (Å²) in [5.74, 6) is 0. The van der Waals surface area contributed by atoms with Crippen LogP contribution in [0.4, 0.5) is 21.9 Å². The summed E-state index contributed by atoms with van der Waals surface area (Å²) in [6.07, 6.45) is 1.02. The molecule has 25 heavy (non-hydrogen) atoms. The van der Waals surface area contributed by atoms with Crippen molar-refractivity contribution >= 4 is 23.1 Å². The van der Waals surface area contributed by atoms with Gasteiger partial charge in [-0.05, 0) is 37.1 Å². The van der Waals surface area contributed by atoms with Crippen molar-refractivity contribution in [2.24, 2.45) is 0 Å². The van der Waals surface area contributed by atoms with E-state index >= 15 is 0 Å². The SMILES string of the molecule is C[C@@H](CNC(=O)Nc1ccc([N+](=O)[O-])cc1)N1CCc2ccccc21. The maximum Gasteiger partial charge on any atom is 0.319 e. The number of amides is 2. The topological polar surface area (TPSA) is 87.5 Å². The van der Waals surface area contributed by atoms with Crippen molar-refractivity contribution in [3.63, 3.8) is 0 Å². The van der Waals surface area contributed by atoms with Crippen LogP contribution >= 0.6 is 0 Å². The van der Waals surface area contributed by atoms with Crippen molar-refractivity contribution in [2.75, 3.05) is 23.3 Å². The molecule has 0 saturated carbocycles. The summed E-state index contributed by atoms with van der Waals surface area (Å²) < 4.78 is 0. The van der Waals surface area contributed by atoms with E-state index in [-0.39, 0.29) is 17.8 Å². The summed E-state index contributed by atoms with van der Waals surface area (Å²) in [4.78, 5) is 24.5. The van der Waals surface area contributed by atoms with Gasteiger partial charge < -0.3 is 15.5 Å². The Balaban J connectivity index is 1.51. The molecule has 7 heteroatoms. The molecule has 0 spiro atoms. The van der Waals surface area contributed by atoms with E-state index in [0.717, 1.165) is 13.0 Å². The largest absolute Gasteiger partial charge is 0.366 e. The molecule has 0 aliphatic carbocycles. The van der Waals surface area contributed by atoms with E-state index in [1.165, 1.54) is 35.5 Å². The van der Waals surface area contributed by atoms with Gasteiger partial charge in [-0.2, -0.15) is 0 Å². The lowest BCUT2D eigenvalue weighted by Gasteiger charge is -2.27. The number of hydrogen-bond acceptors (Lipinski definition) is 4. The molecule has 0 aromatic heterocycles. The average Bonchev–Trinajstić information content (AvgIpc) is 3.04.